The lowest BCUT2D eigenvalue weighted by atomic mass is 9.92. The van der Waals surface area contributed by atoms with E-state index in [1.807, 2.05) is 55.4 Å². The summed E-state index contributed by atoms with van der Waals surface area (Å²) in [5.41, 5.74) is -1.73. The third-order valence-electron chi connectivity index (χ3n) is 4.33. The van der Waals surface area contributed by atoms with Crippen molar-refractivity contribution >= 4 is 12.2 Å². The van der Waals surface area contributed by atoms with Crippen LogP contribution in [0.2, 0.25) is 0 Å². The molecule has 1 aliphatic heterocycles. The number of ether oxygens (including phenoxy) is 2. The molecule has 0 aliphatic carbocycles. The number of carbonyl (C=O) groups is 2. The molecule has 0 aromatic rings. The maximum Gasteiger partial charge on any atom is 0.410 e. The first-order chi connectivity index (χ1) is 11.5. The van der Waals surface area contributed by atoms with E-state index >= 15 is 0 Å². The maximum absolute atomic E-state index is 12.5. The molecule has 2 amide bonds. The fourth-order valence-electron chi connectivity index (χ4n) is 2.92. The zero-order valence-corrected chi connectivity index (χ0v) is 17.8. The van der Waals surface area contributed by atoms with E-state index in [0.29, 0.717) is 12.8 Å². The normalized spacial score (nSPS) is 21.5. The molecular weight excluding hydrogens is 336 g/mol. The lowest BCUT2D eigenvalue weighted by Crippen LogP contribution is -2.51. The van der Waals surface area contributed by atoms with Crippen molar-refractivity contribution in [1.29, 1.82) is 0 Å². The van der Waals surface area contributed by atoms with E-state index in [1.54, 1.807) is 16.8 Å². The Morgan fingerprint density at radius 2 is 1.54 bits per heavy atom. The van der Waals surface area contributed by atoms with Gasteiger partial charge in [0.05, 0.1) is 12.6 Å². The van der Waals surface area contributed by atoms with Crippen LogP contribution in [-0.4, -0.2) is 69.6 Å². The van der Waals surface area contributed by atoms with Crippen LogP contribution in [0.5, 0.6) is 0 Å². The summed E-state index contributed by atoms with van der Waals surface area (Å²) >= 11 is 0. The Morgan fingerprint density at radius 1 is 1.04 bits per heavy atom. The Bertz CT molecular complexity index is 519. The van der Waals surface area contributed by atoms with E-state index in [9.17, 15) is 14.7 Å². The van der Waals surface area contributed by atoms with Gasteiger partial charge in [0.1, 0.15) is 11.2 Å². The predicted octanol–water partition coefficient (Wildman–Crippen LogP) is 3.39. The van der Waals surface area contributed by atoms with Crippen LogP contribution >= 0.6 is 0 Å². The molecule has 0 aromatic carbocycles. The average molecular weight is 373 g/mol. The smallest absolute Gasteiger partial charge is 0.410 e. The Morgan fingerprint density at radius 3 is 2.00 bits per heavy atom. The molecule has 0 saturated carbocycles. The molecule has 1 saturated heterocycles. The first kappa shape index (κ1) is 22.5. The highest BCUT2D eigenvalue weighted by atomic mass is 16.6. The number of amides is 2. The average Bonchev–Trinajstić information content (AvgIpc) is 2.74. The van der Waals surface area contributed by atoms with Crippen LogP contribution < -0.4 is 0 Å². The lowest BCUT2D eigenvalue weighted by Gasteiger charge is -2.40. The van der Waals surface area contributed by atoms with Gasteiger partial charge in [-0.15, -0.1) is 0 Å². The Labute approximate surface area is 157 Å². The molecule has 1 rings (SSSR count). The molecule has 1 N–H and O–H groups in total. The number of rotatable bonds is 3. The topological polar surface area (TPSA) is 79.3 Å². The van der Waals surface area contributed by atoms with E-state index in [-0.39, 0.29) is 12.6 Å². The fourth-order valence-corrected chi connectivity index (χ4v) is 2.92. The molecule has 0 unspecified atom stereocenters. The van der Waals surface area contributed by atoms with E-state index in [0.717, 1.165) is 0 Å². The molecule has 7 nitrogen and oxygen atoms in total. The van der Waals surface area contributed by atoms with Crippen LogP contribution in [0.3, 0.4) is 0 Å². The first-order valence-electron chi connectivity index (χ1n) is 9.16. The van der Waals surface area contributed by atoms with Crippen molar-refractivity contribution in [2.75, 3.05) is 13.6 Å². The lowest BCUT2D eigenvalue weighted by molar-refractivity contribution is 0.00137. The van der Waals surface area contributed by atoms with E-state index < -0.39 is 35.0 Å². The Kier molecular flexibility index (Phi) is 6.61. The van der Waals surface area contributed by atoms with Crippen molar-refractivity contribution in [2.45, 2.75) is 97.1 Å². The molecule has 2 atom stereocenters. The predicted molar refractivity (Wildman–Crippen MR) is 100 cm³/mol. The summed E-state index contributed by atoms with van der Waals surface area (Å²) in [7, 11) is 1.69. The molecule has 0 spiro atoms. The van der Waals surface area contributed by atoms with E-state index in [4.69, 9.17) is 9.47 Å². The molecular formula is C19H36N2O5. The van der Waals surface area contributed by atoms with Crippen molar-refractivity contribution in [1.82, 2.24) is 9.80 Å². The zero-order chi connectivity index (χ0) is 20.5. The second kappa shape index (κ2) is 7.62. The van der Waals surface area contributed by atoms with Gasteiger partial charge in [-0.2, -0.15) is 0 Å². The van der Waals surface area contributed by atoms with Crippen LogP contribution in [0.4, 0.5) is 9.59 Å². The van der Waals surface area contributed by atoms with Crippen LogP contribution in [0.15, 0.2) is 0 Å². The van der Waals surface area contributed by atoms with Crippen molar-refractivity contribution in [3.8, 4) is 0 Å². The summed E-state index contributed by atoms with van der Waals surface area (Å²) in [5, 5.41) is 10.1. The minimum Gasteiger partial charge on any atom is -0.444 e. The van der Waals surface area contributed by atoms with Crippen LogP contribution in [-0.2, 0) is 9.47 Å². The van der Waals surface area contributed by atoms with Crippen LogP contribution in [0.1, 0.15) is 68.2 Å². The molecule has 1 heterocycles. The number of carbonyl (C=O) groups excluding carboxylic acids is 2. The number of aliphatic hydroxyl groups is 1. The summed E-state index contributed by atoms with van der Waals surface area (Å²) in [6.07, 6.45) is -0.459. The number of aliphatic hydroxyl groups excluding tert-OH is 1. The number of hydrogen-bond acceptors (Lipinski definition) is 5. The highest BCUT2D eigenvalue weighted by Crippen LogP contribution is 2.30. The summed E-state index contributed by atoms with van der Waals surface area (Å²) in [6, 6.07) is -0.209. The monoisotopic (exact) mass is 372 g/mol. The molecule has 26 heavy (non-hydrogen) atoms. The number of β-amino-alcohol motifs (C(OH)–C–C–N with tert-alkyl or cyclic N) is 1. The van der Waals surface area contributed by atoms with Crippen LogP contribution in [0, 0.1) is 0 Å². The highest BCUT2D eigenvalue weighted by molar-refractivity contribution is 5.70. The van der Waals surface area contributed by atoms with Gasteiger partial charge in [0.2, 0.25) is 0 Å². The minimum atomic E-state index is -0.599. The molecule has 1 fully saturated rings. The zero-order valence-electron chi connectivity index (χ0n) is 17.8. The molecule has 1 aliphatic rings. The molecule has 7 heteroatoms. The maximum atomic E-state index is 12.5. The molecule has 152 valence electrons. The van der Waals surface area contributed by atoms with Gasteiger partial charge < -0.3 is 24.4 Å². The molecule has 0 aromatic heterocycles. The number of likely N-dealkylation sites (tertiary alicyclic amines) is 1. The third-order valence-corrected chi connectivity index (χ3v) is 4.33. The van der Waals surface area contributed by atoms with Gasteiger partial charge in [0, 0.05) is 18.6 Å². The van der Waals surface area contributed by atoms with Gasteiger partial charge in [0.25, 0.3) is 0 Å². The summed E-state index contributed by atoms with van der Waals surface area (Å²) in [5.74, 6) is 0. The first-order valence-corrected chi connectivity index (χ1v) is 9.16. The fraction of sp³-hybridized carbons (Fsp3) is 0.895. The van der Waals surface area contributed by atoms with Crippen molar-refractivity contribution in [2.24, 2.45) is 0 Å². The van der Waals surface area contributed by atoms with Gasteiger partial charge in [-0.1, -0.05) is 0 Å². The van der Waals surface area contributed by atoms with E-state index in [2.05, 4.69) is 0 Å². The number of hydrogen-bond donors (Lipinski definition) is 1. The quantitative estimate of drug-likeness (QED) is 0.821. The molecule has 0 bridgehead atoms. The largest absolute Gasteiger partial charge is 0.444 e. The second-order valence-corrected chi connectivity index (χ2v) is 9.73. The minimum absolute atomic E-state index is 0.209. The molecule has 0 radical (unpaired) electrons. The second-order valence-electron chi connectivity index (χ2n) is 9.73. The summed E-state index contributed by atoms with van der Waals surface area (Å²) in [4.78, 5) is 28.0. The van der Waals surface area contributed by atoms with Gasteiger partial charge in [-0.25, -0.2) is 9.59 Å². The van der Waals surface area contributed by atoms with E-state index in [1.165, 1.54) is 0 Å². The SMILES string of the molecule is CN(C(=O)OC(C)(C)C)C(C)(C)C[C@@H]1C[C@@H](O)CN1C(=O)OC(C)(C)C. The van der Waals surface area contributed by atoms with Crippen molar-refractivity contribution in [3.63, 3.8) is 0 Å². The van der Waals surface area contributed by atoms with Crippen molar-refractivity contribution < 1.29 is 24.2 Å². The standard InChI is InChI=1S/C19H36N2O5/c1-17(2,3)25-15(23)20(9)19(7,8)11-13-10-14(22)12-21(13)16(24)26-18(4,5)6/h13-14,22H,10-12H2,1-9H3/t13-,14+/m0/s1. The van der Waals surface area contributed by atoms with Gasteiger partial charge >= 0.3 is 12.2 Å². The van der Waals surface area contributed by atoms with Gasteiger partial charge in [-0.05, 0) is 68.2 Å². The van der Waals surface area contributed by atoms with Gasteiger partial charge in [0.15, 0.2) is 0 Å². The Hall–Kier alpha value is -1.50. The Balaban J connectivity index is 2.85. The summed E-state index contributed by atoms with van der Waals surface area (Å²) < 4.78 is 10.9. The highest BCUT2D eigenvalue weighted by Gasteiger charge is 2.42. The van der Waals surface area contributed by atoms with Gasteiger partial charge in [-0.3, -0.25) is 0 Å². The number of nitrogens with zero attached hydrogens (tertiary/aromatic N) is 2. The summed E-state index contributed by atoms with van der Waals surface area (Å²) in [6.45, 7) is 15.0. The van der Waals surface area contributed by atoms with Crippen molar-refractivity contribution in [3.05, 3.63) is 0 Å². The third kappa shape index (κ3) is 6.67. The van der Waals surface area contributed by atoms with Crippen LogP contribution in [0.25, 0.3) is 0 Å².